The smallest absolute Gasteiger partial charge is 0.141 e. The molecule has 1 aromatic heterocycles. The maximum atomic E-state index is 5.63. The number of aromatic nitrogens is 3. The highest BCUT2D eigenvalue weighted by Crippen LogP contribution is 2.11. The Morgan fingerprint density at radius 1 is 1.67 bits per heavy atom. The maximum absolute atomic E-state index is 5.63. The van der Waals surface area contributed by atoms with E-state index in [1.807, 2.05) is 4.68 Å². The summed E-state index contributed by atoms with van der Waals surface area (Å²) in [7, 11) is 0. The van der Waals surface area contributed by atoms with Crippen molar-refractivity contribution < 1.29 is 4.74 Å². The topological polar surface area (TPSA) is 69.2 Å². The van der Waals surface area contributed by atoms with Crippen molar-refractivity contribution in [2.75, 3.05) is 19.7 Å². The minimum Gasteiger partial charge on any atom is -0.391 e. The van der Waals surface area contributed by atoms with E-state index < -0.39 is 0 Å². The van der Waals surface area contributed by atoms with E-state index in [-0.39, 0.29) is 6.10 Å². The number of nitrogens with zero attached hydrogens (tertiary/aromatic N) is 4. The molecule has 2 N–H and O–H groups in total. The van der Waals surface area contributed by atoms with E-state index in [2.05, 4.69) is 28.8 Å². The van der Waals surface area contributed by atoms with E-state index in [0.29, 0.717) is 17.6 Å². The molecule has 1 atom stereocenters. The number of morpholine rings is 1. The fraction of sp³-hybridized carbons (Fsp3) is 0.727. The zero-order valence-electron chi connectivity index (χ0n) is 10.7. The first-order chi connectivity index (χ1) is 8.58. The van der Waals surface area contributed by atoms with Crippen LogP contribution in [-0.2, 0) is 11.3 Å². The van der Waals surface area contributed by atoms with E-state index in [9.17, 15) is 0 Å². The molecule has 0 saturated carbocycles. The molecule has 7 heteroatoms. The van der Waals surface area contributed by atoms with E-state index >= 15 is 0 Å². The molecule has 1 aromatic rings. The lowest BCUT2D eigenvalue weighted by Crippen LogP contribution is -2.47. The van der Waals surface area contributed by atoms with E-state index in [4.69, 9.17) is 22.7 Å². The van der Waals surface area contributed by atoms with Crippen LogP contribution < -0.4 is 5.73 Å². The molecule has 0 aromatic carbocycles. The number of hydrogen-bond acceptors (Lipinski definition) is 5. The van der Waals surface area contributed by atoms with Gasteiger partial charge < -0.3 is 10.5 Å². The predicted octanol–water partition coefficient (Wildman–Crippen LogP) is 0.346. The Morgan fingerprint density at radius 3 is 3.11 bits per heavy atom. The highest BCUT2D eigenvalue weighted by atomic mass is 32.1. The minimum atomic E-state index is -0.149. The fourth-order valence-electron chi connectivity index (χ4n) is 2.04. The molecule has 0 aliphatic carbocycles. The van der Waals surface area contributed by atoms with Gasteiger partial charge in [-0.25, -0.2) is 9.67 Å². The van der Waals surface area contributed by atoms with Gasteiger partial charge in [0.25, 0.3) is 0 Å². The summed E-state index contributed by atoms with van der Waals surface area (Å²) in [5.74, 6) is 0.966. The zero-order chi connectivity index (χ0) is 13.1. The van der Waals surface area contributed by atoms with Crippen LogP contribution in [0.3, 0.4) is 0 Å². The summed E-state index contributed by atoms with van der Waals surface area (Å²) < 4.78 is 7.45. The van der Waals surface area contributed by atoms with E-state index in [1.165, 1.54) is 0 Å². The zero-order valence-corrected chi connectivity index (χ0v) is 11.6. The molecular weight excluding hydrogens is 250 g/mol. The van der Waals surface area contributed by atoms with E-state index in [0.717, 1.165) is 25.5 Å². The van der Waals surface area contributed by atoms with Crippen LogP contribution in [-0.4, -0.2) is 50.5 Å². The van der Waals surface area contributed by atoms with Gasteiger partial charge in [-0.05, 0) is 13.8 Å². The largest absolute Gasteiger partial charge is 0.391 e. The Labute approximate surface area is 112 Å². The molecule has 0 radical (unpaired) electrons. The standard InChI is InChI=1S/C11H19N5OS/c1-8(2)16-10(13-7-14-16)6-15-3-4-17-9(5-15)11(12)18/h7-9H,3-6H2,1-2H3,(H2,12,18). The van der Waals surface area contributed by atoms with Crippen LogP contribution in [0.4, 0.5) is 0 Å². The van der Waals surface area contributed by atoms with Crippen molar-refractivity contribution in [3.8, 4) is 0 Å². The van der Waals surface area contributed by atoms with Crippen LogP contribution in [0.1, 0.15) is 25.7 Å². The number of rotatable bonds is 4. The van der Waals surface area contributed by atoms with Crippen molar-refractivity contribution in [3.63, 3.8) is 0 Å². The summed E-state index contributed by atoms with van der Waals surface area (Å²) in [6.45, 7) is 7.17. The van der Waals surface area contributed by atoms with Gasteiger partial charge in [0.1, 0.15) is 23.2 Å². The van der Waals surface area contributed by atoms with Gasteiger partial charge in [-0.1, -0.05) is 12.2 Å². The minimum absolute atomic E-state index is 0.149. The molecule has 1 fully saturated rings. The molecule has 6 nitrogen and oxygen atoms in total. The molecule has 0 bridgehead atoms. The second kappa shape index (κ2) is 5.73. The van der Waals surface area contributed by atoms with Crippen LogP contribution in [0.25, 0.3) is 0 Å². The Kier molecular flexibility index (Phi) is 4.26. The van der Waals surface area contributed by atoms with Crippen LogP contribution >= 0.6 is 12.2 Å². The van der Waals surface area contributed by atoms with Crippen LogP contribution in [0.15, 0.2) is 6.33 Å². The molecule has 1 aliphatic heterocycles. The lowest BCUT2D eigenvalue weighted by atomic mass is 10.2. The number of hydrogen-bond donors (Lipinski definition) is 1. The molecule has 18 heavy (non-hydrogen) atoms. The SMILES string of the molecule is CC(C)n1ncnc1CN1CCOC(C(N)=S)C1. The van der Waals surface area contributed by atoms with Crippen molar-refractivity contribution in [2.24, 2.45) is 5.73 Å². The maximum Gasteiger partial charge on any atom is 0.141 e. The molecule has 1 saturated heterocycles. The fourth-order valence-corrected chi connectivity index (χ4v) is 2.18. The van der Waals surface area contributed by atoms with Gasteiger partial charge in [0.05, 0.1) is 13.2 Å². The Bertz CT molecular complexity index is 419. The average Bonchev–Trinajstić information content (AvgIpc) is 2.77. The van der Waals surface area contributed by atoms with Crippen LogP contribution in [0, 0.1) is 0 Å². The third-order valence-electron chi connectivity index (χ3n) is 2.97. The first-order valence-electron chi connectivity index (χ1n) is 6.09. The van der Waals surface area contributed by atoms with Crippen molar-refractivity contribution in [1.29, 1.82) is 0 Å². The first-order valence-corrected chi connectivity index (χ1v) is 6.50. The molecule has 1 unspecified atom stereocenters. The number of ether oxygens (including phenoxy) is 1. The lowest BCUT2D eigenvalue weighted by molar-refractivity contribution is 0.00238. The Hall–Kier alpha value is -1.05. The van der Waals surface area contributed by atoms with Crippen molar-refractivity contribution in [3.05, 3.63) is 12.2 Å². The van der Waals surface area contributed by atoms with Crippen molar-refractivity contribution >= 4 is 17.2 Å². The summed E-state index contributed by atoms with van der Waals surface area (Å²) in [5.41, 5.74) is 5.63. The van der Waals surface area contributed by atoms with Gasteiger partial charge >= 0.3 is 0 Å². The van der Waals surface area contributed by atoms with Gasteiger partial charge in [-0.3, -0.25) is 4.90 Å². The third-order valence-corrected chi connectivity index (χ3v) is 3.23. The molecule has 2 heterocycles. The highest BCUT2D eigenvalue weighted by molar-refractivity contribution is 7.80. The quantitative estimate of drug-likeness (QED) is 0.795. The van der Waals surface area contributed by atoms with Crippen molar-refractivity contribution in [1.82, 2.24) is 19.7 Å². The second-order valence-electron chi connectivity index (χ2n) is 4.71. The number of nitrogens with two attached hydrogens (primary N) is 1. The highest BCUT2D eigenvalue weighted by Gasteiger charge is 2.23. The summed E-state index contributed by atoms with van der Waals surface area (Å²) in [5, 5.41) is 4.23. The van der Waals surface area contributed by atoms with Gasteiger partial charge in [0.2, 0.25) is 0 Å². The monoisotopic (exact) mass is 269 g/mol. The lowest BCUT2D eigenvalue weighted by Gasteiger charge is -2.32. The Balaban J connectivity index is 2.00. The van der Waals surface area contributed by atoms with Gasteiger partial charge in [0.15, 0.2) is 0 Å². The van der Waals surface area contributed by atoms with E-state index in [1.54, 1.807) is 6.33 Å². The molecule has 0 amide bonds. The molecule has 100 valence electrons. The molecule has 0 spiro atoms. The van der Waals surface area contributed by atoms with Crippen LogP contribution in [0.5, 0.6) is 0 Å². The third kappa shape index (κ3) is 3.04. The molecule has 2 rings (SSSR count). The predicted molar refractivity (Wildman–Crippen MR) is 72.2 cm³/mol. The van der Waals surface area contributed by atoms with Crippen LogP contribution in [0.2, 0.25) is 0 Å². The van der Waals surface area contributed by atoms with Crippen molar-refractivity contribution in [2.45, 2.75) is 32.5 Å². The van der Waals surface area contributed by atoms with Gasteiger partial charge in [-0.15, -0.1) is 0 Å². The normalized spacial score (nSPS) is 21.4. The summed E-state index contributed by atoms with van der Waals surface area (Å²) in [4.78, 5) is 6.97. The van der Waals surface area contributed by atoms with Gasteiger partial charge in [-0.2, -0.15) is 5.10 Å². The first kappa shape index (κ1) is 13.4. The Morgan fingerprint density at radius 2 is 2.44 bits per heavy atom. The number of thiocarbonyl (C=S) groups is 1. The molecule has 1 aliphatic rings. The molecular formula is C11H19N5OS. The van der Waals surface area contributed by atoms with Gasteiger partial charge in [0, 0.05) is 19.1 Å². The summed E-state index contributed by atoms with van der Waals surface area (Å²) in [6.07, 6.45) is 1.45. The second-order valence-corrected chi connectivity index (χ2v) is 5.18. The summed E-state index contributed by atoms with van der Waals surface area (Å²) >= 11 is 4.98. The average molecular weight is 269 g/mol. The summed E-state index contributed by atoms with van der Waals surface area (Å²) in [6, 6.07) is 0.315.